The predicted molar refractivity (Wildman–Crippen MR) is 75.0 cm³/mol. The van der Waals surface area contributed by atoms with Crippen molar-refractivity contribution in [3.8, 4) is 0 Å². The molecule has 0 amide bonds. The maximum atomic E-state index is 12.1. The van der Waals surface area contributed by atoms with Crippen LogP contribution in [0.1, 0.15) is 32.4 Å². The van der Waals surface area contributed by atoms with Crippen LogP contribution in [0, 0.1) is 0 Å². The van der Waals surface area contributed by atoms with E-state index in [1.54, 1.807) is 45.0 Å². The first kappa shape index (κ1) is 16.0. The molecule has 6 heteroatoms. The van der Waals surface area contributed by atoms with Gasteiger partial charge in [0, 0.05) is 12.0 Å². The molecule has 1 aromatic rings. The maximum Gasteiger partial charge on any atom is 0.336 e. The van der Waals surface area contributed by atoms with Gasteiger partial charge in [0.2, 0.25) is 0 Å². The van der Waals surface area contributed by atoms with Crippen LogP contribution < -0.4 is 0 Å². The summed E-state index contributed by atoms with van der Waals surface area (Å²) >= 11 is 0. The zero-order valence-corrected chi connectivity index (χ0v) is 12.1. The van der Waals surface area contributed by atoms with Crippen LogP contribution in [-0.4, -0.2) is 24.8 Å². The molecule has 0 aliphatic heterocycles. The first-order chi connectivity index (χ1) is 9.39. The van der Waals surface area contributed by atoms with Gasteiger partial charge in [0.1, 0.15) is 5.60 Å². The first-order valence-electron chi connectivity index (χ1n) is 6.24. The Morgan fingerprint density at radius 3 is 2.35 bits per heavy atom. The van der Waals surface area contributed by atoms with Crippen molar-refractivity contribution >= 4 is 5.97 Å². The van der Waals surface area contributed by atoms with E-state index in [4.69, 9.17) is 15.0 Å². The Morgan fingerprint density at radius 2 is 1.90 bits per heavy atom. The van der Waals surface area contributed by atoms with Gasteiger partial charge in [-0.25, -0.2) is 4.79 Å². The molecule has 2 unspecified atom stereocenters. The van der Waals surface area contributed by atoms with Crippen molar-refractivity contribution in [3.63, 3.8) is 0 Å². The van der Waals surface area contributed by atoms with Crippen molar-refractivity contribution in [2.75, 3.05) is 7.11 Å². The Kier molecular flexibility index (Phi) is 5.55. The molecule has 20 heavy (non-hydrogen) atoms. The second-order valence-corrected chi connectivity index (χ2v) is 5.25. The van der Waals surface area contributed by atoms with Crippen molar-refractivity contribution in [2.45, 2.75) is 38.5 Å². The molecule has 0 aromatic heterocycles. The van der Waals surface area contributed by atoms with E-state index < -0.39 is 23.7 Å². The van der Waals surface area contributed by atoms with Crippen molar-refractivity contribution in [1.29, 1.82) is 0 Å². The standard InChI is InChI=1S/C14H19N3O3/c1-14(2,3)20-13(18)12(19-4)11(16-17-15)10-8-6-5-7-9-10/h5-9,11-12H,1-4H3. The lowest BCUT2D eigenvalue weighted by molar-refractivity contribution is -0.168. The van der Waals surface area contributed by atoms with Crippen molar-refractivity contribution in [2.24, 2.45) is 5.11 Å². The van der Waals surface area contributed by atoms with E-state index in [-0.39, 0.29) is 0 Å². The van der Waals surface area contributed by atoms with Crippen LogP contribution >= 0.6 is 0 Å². The van der Waals surface area contributed by atoms with E-state index >= 15 is 0 Å². The van der Waals surface area contributed by atoms with Gasteiger partial charge in [-0.05, 0) is 31.9 Å². The largest absolute Gasteiger partial charge is 0.458 e. The highest BCUT2D eigenvalue weighted by Gasteiger charge is 2.32. The summed E-state index contributed by atoms with van der Waals surface area (Å²) in [5, 5.41) is 3.67. The van der Waals surface area contributed by atoms with Gasteiger partial charge in [-0.3, -0.25) is 0 Å². The molecule has 0 fully saturated rings. The van der Waals surface area contributed by atoms with Crippen LogP contribution in [0.3, 0.4) is 0 Å². The van der Waals surface area contributed by atoms with Crippen molar-refractivity contribution in [1.82, 2.24) is 0 Å². The fourth-order valence-corrected chi connectivity index (χ4v) is 1.72. The number of hydrogen-bond donors (Lipinski definition) is 0. The lowest BCUT2D eigenvalue weighted by Gasteiger charge is -2.26. The molecule has 2 atom stereocenters. The molecule has 0 spiro atoms. The predicted octanol–water partition coefficient (Wildman–Crippen LogP) is 3.39. The van der Waals surface area contributed by atoms with Gasteiger partial charge in [0.05, 0.1) is 6.04 Å². The number of azide groups is 1. The van der Waals surface area contributed by atoms with E-state index in [2.05, 4.69) is 10.0 Å². The highest BCUT2D eigenvalue weighted by atomic mass is 16.6. The molecule has 6 nitrogen and oxygen atoms in total. The third kappa shape index (κ3) is 4.57. The minimum absolute atomic E-state index is 0.554. The molecule has 1 rings (SSSR count). The highest BCUT2D eigenvalue weighted by Crippen LogP contribution is 2.25. The number of rotatable bonds is 5. The summed E-state index contributed by atoms with van der Waals surface area (Å²) in [5.41, 5.74) is 8.77. The minimum Gasteiger partial charge on any atom is -0.458 e. The Balaban J connectivity index is 3.05. The van der Waals surface area contributed by atoms with Crippen LogP contribution in [0.2, 0.25) is 0 Å². The van der Waals surface area contributed by atoms with Crippen LogP contribution in [-0.2, 0) is 14.3 Å². The van der Waals surface area contributed by atoms with Crippen LogP contribution in [0.15, 0.2) is 35.4 Å². The van der Waals surface area contributed by atoms with Crippen molar-refractivity contribution < 1.29 is 14.3 Å². The van der Waals surface area contributed by atoms with Crippen LogP contribution in [0.25, 0.3) is 10.4 Å². The number of nitrogens with zero attached hydrogens (tertiary/aromatic N) is 3. The highest BCUT2D eigenvalue weighted by molar-refractivity contribution is 5.76. The Hall–Kier alpha value is -2.04. The van der Waals surface area contributed by atoms with E-state index in [0.717, 1.165) is 0 Å². The summed E-state index contributed by atoms with van der Waals surface area (Å²) in [4.78, 5) is 14.9. The Morgan fingerprint density at radius 1 is 1.30 bits per heavy atom. The maximum absolute atomic E-state index is 12.1. The summed E-state index contributed by atoms with van der Waals surface area (Å²) in [5.74, 6) is -0.554. The summed E-state index contributed by atoms with van der Waals surface area (Å²) in [6.07, 6.45) is -0.979. The third-order valence-electron chi connectivity index (χ3n) is 2.50. The van der Waals surface area contributed by atoms with E-state index in [1.807, 2.05) is 6.07 Å². The van der Waals surface area contributed by atoms with Gasteiger partial charge < -0.3 is 9.47 Å². The molecular weight excluding hydrogens is 258 g/mol. The molecule has 0 aliphatic carbocycles. The molecule has 0 saturated heterocycles. The summed E-state index contributed by atoms with van der Waals surface area (Å²) in [6, 6.07) is 8.23. The topological polar surface area (TPSA) is 84.3 Å². The summed E-state index contributed by atoms with van der Waals surface area (Å²) in [7, 11) is 1.39. The molecule has 0 heterocycles. The monoisotopic (exact) mass is 277 g/mol. The number of carbonyl (C=O) groups excluding carboxylic acids is 1. The van der Waals surface area contributed by atoms with Gasteiger partial charge >= 0.3 is 5.97 Å². The molecular formula is C14H19N3O3. The number of hydrogen-bond acceptors (Lipinski definition) is 4. The van der Waals surface area contributed by atoms with Crippen molar-refractivity contribution in [3.05, 3.63) is 46.3 Å². The fourth-order valence-electron chi connectivity index (χ4n) is 1.72. The number of ether oxygens (including phenoxy) is 2. The molecule has 1 aromatic carbocycles. The molecule has 0 radical (unpaired) electrons. The number of benzene rings is 1. The average Bonchev–Trinajstić information content (AvgIpc) is 2.37. The number of methoxy groups -OCH3 is 1. The second-order valence-electron chi connectivity index (χ2n) is 5.25. The average molecular weight is 277 g/mol. The molecule has 108 valence electrons. The quantitative estimate of drug-likeness (QED) is 0.358. The summed E-state index contributed by atoms with van der Waals surface area (Å²) < 4.78 is 10.5. The van der Waals surface area contributed by atoms with Crippen LogP contribution in [0.4, 0.5) is 0 Å². The van der Waals surface area contributed by atoms with Gasteiger partial charge in [-0.1, -0.05) is 35.4 Å². The lowest BCUT2D eigenvalue weighted by atomic mass is 10.0. The Bertz CT molecular complexity index is 490. The van der Waals surface area contributed by atoms with E-state index in [0.29, 0.717) is 5.56 Å². The van der Waals surface area contributed by atoms with Crippen LogP contribution in [0.5, 0.6) is 0 Å². The van der Waals surface area contributed by atoms with Gasteiger partial charge in [-0.15, -0.1) is 0 Å². The first-order valence-corrected chi connectivity index (χ1v) is 6.24. The normalized spacial score (nSPS) is 14.0. The zero-order valence-electron chi connectivity index (χ0n) is 12.1. The zero-order chi connectivity index (χ0) is 15.2. The Labute approximate surface area is 118 Å². The molecule has 0 N–H and O–H groups in total. The van der Waals surface area contributed by atoms with E-state index in [9.17, 15) is 4.79 Å². The number of carbonyl (C=O) groups is 1. The van der Waals surface area contributed by atoms with Gasteiger partial charge in [0.15, 0.2) is 6.10 Å². The third-order valence-corrected chi connectivity index (χ3v) is 2.50. The molecule has 0 saturated carbocycles. The lowest BCUT2D eigenvalue weighted by Crippen LogP contribution is -2.36. The van der Waals surface area contributed by atoms with E-state index in [1.165, 1.54) is 7.11 Å². The smallest absolute Gasteiger partial charge is 0.336 e. The fraction of sp³-hybridized carbons (Fsp3) is 0.500. The molecule has 0 aliphatic rings. The summed E-state index contributed by atoms with van der Waals surface area (Å²) in [6.45, 7) is 5.30. The number of esters is 1. The van der Waals surface area contributed by atoms with Gasteiger partial charge in [-0.2, -0.15) is 0 Å². The second kappa shape index (κ2) is 6.93. The minimum atomic E-state index is -0.979. The van der Waals surface area contributed by atoms with Gasteiger partial charge in [0.25, 0.3) is 0 Å². The SMILES string of the molecule is COC(C(=O)OC(C)(C)C)C(N=[N+]=[N-])c1ccccc1. The molecule has 0 bridgehead atoms.